The van der Waals surface area contributed by atoms with Gasteiger partial charge in [-0.1, -0.05) is 19.9 Å². The first kappa shape index (κ1) is 26.6. The van der Waals surface area contributed by atoms with E-state index in [4.69, 9.17) is 18.9 Å². The van der Waals surface area contributed by atoms with E-state index < -0.39 is 29.6 Å². The van der Waals surface area contributed by atoms with Crippen molar-refractivity contribution in [1.82, 2.24) is 10.2 Å². The molecule has 10 heteroatoms. The van der Waals surface area contributed by atoms with Crippen LogP contribution in [-0.4, -0.2) is 73.8 Å². The van der Waals surface area contributed by atoms with Crippen LogP contribution in [0, 0.1) is 11.8 Å². The zero-order valence-corrected chi connectivity index (χ0v) is 22.4. The minimum absolute atomic E-state index is 0.0731. The standard InChI is InChI=1S/C21H34Br2N2O6/c1-12(2)8-14(24-19(27)31-20(3,4)5)18(26)25-10-13(9-15(22)23)16-17(25)21(28-6,29-7)11-30-16/h9,12-14,16-17H,8,10-11H2,1-7H3,(H,24,27)/t13-,14?,16-,17+/m1/s1. The number of carbonyl (C=O) groups is 2. The number of likely N-dealkylation sites (tertiary alicyclic amines) is 1. The lowest BCUT2D eigenvalue weighted by Crippen LogP contribution is -2.59. The van der Waals surface area contributed by atoms with Crippen molar-refractivity contribution in [3.8, 4) is 0 Å². The van der Waals surface area contributed by atoms with Gasteiger partial charge in [0.05, 0.1) is 9.50 Å². The van der Waals surface area contributed by atoms with Crippen LogP contribution in [0.1, 0.15) is 41.0 Å². The lowest BCUT2D eigenvalue weighted by atomic mass is 9.98. The van der Waals surface area contributed by atoms with Crippen LogP contribution in [0.2, 0.25) is 0 Å². The molecule has 2 amide bonds. The number of carbonyl (C=O) groups excluding carboxylic acids is 2. The van der Waals surface area contributed by atoms with Crippen molar-refractivity contribution in [1.29, 1.82) is 0 Å². The molecule has 2 aliphatic rings. The number of alkyl carbamates (subject to hydrolysis) is 1. The summed E-state index contributed by atoms with van der Waals surface area (Å²) in [6.07, 6.45) is 1.53. The van der Waals surface area contributed by atoms with Gasteiger partial charge in [0, 0.05) is 26.7 Å². The smallest absolute Gasteiger partial charge is 0.408 e. The first-order chi connectivity index (χ1) is 14.3. The molecule has 0 saturated carbocycles. The third kappa shape index (κ3) is 6.43. The summed E-state index contributed by atoms with van der Waals surface area (Å²) < 4.78 is 23.6. The summed E-state index contributed by atoms with van der Waals surface area (Å²) in [6, 6.07) is -1.19. The molecular weight excluding hydrogens is 536 g/mol. The Hall–Kier alpha value is -0.680. The molecule has 2 aliphatic heterocycles. The second-order valence-electron chi connectivity index (χ2n) is 9.38. The summed E-state index contributed by atoms with van der Waals surface area (Å²) in [7, 11) is 3.10. The molecule has 0 aromatic heterocycles. The normalized spacial score (nSPS) is 25.9. The van der Waals surface area contributed by atoms with E-state index in [1.54, 1.807) is 39.9 Å². The second-order valence-corrected chi connectivity index (χ2v) is 12.2. The zero-order valence-electron chi connectivity index (χ0n) is 19.2. The molecule has 0 bridgehead atoms. The van der Waals surface area contributed by atoms with E-state index in [2.05, 4.69) is 37.2 Å². The van der Waals surface area contributed by atoms with Crippen LogP contribution in [0.4, 0.5) is 4.79 Å². The van der Waals surface area contributed by atoms with Gasteiger partial charge in [0.2, 0.25) is 11.7 Å². The van der Waals surface area contributed by atoms with Crippen LogP contribution in [0.5, 0.6) is 0 Å². The number of methoxy groups -OCH3 is 2. The molecule has 1 unspecified atom stereocenters. The molecule has 8 nitrogen and oxygen atoms in total. The van der Waals surface area contributed by atoms with Crippen LogP contribution >= 0.6 is 31.9 Å². The van der Waals surface area contributed by atoms with Gasteiger partial charge in [0.15, 0.2) is 0 Å². The SMILES string of the molecule is COC1(OC)CO[C@@H]2[C@H](C=C(Br)Br)CN(C(=O)C(CC(C)C)NC(=O)OC(C)(C)C)[C@@H]21. The summed E-state index contributed by atoms with van der Waals surface area (Å²) in [5.41, 5.74) is -0.660. The topological polar surface area (TPSA) is 86.3 Å². The minimum atomic E-state index is -1.07. The molecule has 31 heavy (non-hydrogen) atoms. The first-order valence-corrected chi connectivity index (χ1v) is 12.0. The quantitative estimate of drug-likeness (QED) is 0.470. The van der Waals surface area contributed by atoms with Crippen LogP contribution in [0.15, 0.2) is 9.47 Å². The lowest BCUT2D eigenvalue weighted by molar-refractivity contribution is -0.227. The maximum absolute atomic E-state index is 13.7. The summed E-state index contributed by atoms with van der Waals surface area (Å²) in [5.74, 6) is -1.17. The number of fused-ring (bicyclic) bond motifs is 1. The summed E-state index contributed by atoms with van der Waals surface area (Å²) in [4.78, 5) is 27.9. The van der Waals surface area contributed by atoms with Gasteiger partial charge in [-0.3, -0.25) is 4.79 Å². The molecule has 0 spiro atoms. The van der Waals surface area contributed by atoms with E-state index in [1.165, 1.54) is 0 Å². The third-order valence-electron chi connectivity index (χ3n) is 5.41. The van der Waals surface area contributed by atoms with Gasteiger partial charge >= 0.3 is 6.09 Å². The molecule has 0 radical (unpaired) electrons. The van der Waals surface area contributed by atoms with Crippen LogP contribution in [0.3, 0.4) is 0 Å². The van der Waals surface area contributed by atoms with Gasteiger partial charge in [-0.2, -0.15) is 0 Å². The fraction of sp³-hybridized carbons (Fsp3) is 0.810. The Morgan fingerprint density at radius 2 is 1.87 bits per heavy atom. The molecule has 2 heterocycles. The van der Waals surface area contributed by atoms with Crippen molar-refractivity contribution in [3.63, 3.8) is 0 Å². The summed E-state index contributed by atoms with van der Waals surface area (Å²) in [6.45, 7) is 9.98. The van der Waals surface area contributed by atoms with Gasteiger partial charge in [-0.25, -0.2) is 4.79 Å². The number of hydrogen-bond donors (Lipinski definition) is 1. The number of amides is 2. The molecule has 0 aromatic carbocycles. The predicted molar refractivity (Wildman–Crippen MR) is 124 cm³/mol. The van der Waals surface area contributed by atoms with Crippen LogP contribution in [-0.2, 0) is 23.7 Å². The Morgan fingerprint density at radius 1 is 1.26 bits per heavy atom. The Labute approximate surface area is 201 Å². The Morgan fingerprint density at radius 3 is 2.35 bits per heavy atom. The largest absolute Gasteiger partial charge is 0.444 e. The van der Waals surface area contributed by atoms with Crippen molar-refractivity contribution in [2.24, 2.45) is 11.8 Å². The zero-order chi connectivity index (χ0) is 23.6. The molecule has 0 aromatic rings. The maximum Gasteiger partial charge on any atom is 0.408 e. The van der Waals surface area contributed by atoms with Gasteiger partial charge in [-0.05, 0) is 65.0 Å². The summed E-state index contributed by atoms with van der Waals surface area (Å²) in [5, 5.41) is 2.77. The molecule has 1 N–H and O–H groups in total. The molecule has 2 saturated heterocycles. The molecule has 0 aliphatic carbocycles. The Kier molecular flexibility index (Phi) is 9.00. The second kappa shape index (κ2) is 10.5. The Bertz CT molecular complexity index is 686. The van der Waals surface area contributed by atoms with Gasteiger partial charge in [-0.15, -0.1) is 0 Å². The molecule has 2 fully saturated rings. The van der Waals surface area contributed by atoms with E-state index in [9.17, 15) is 9.59 Å². The highest BCUT2D eigenvalue weighted by Gasteiger charge is 2.61. The maximum atomic E-state index is 13.7. The third-order valence-corrected chi connectivity index (χ3v) is 5.94. The monoisotopic (exact) mass is 568 g/mol. The molecular formula is C21H34Br2N2O6. The number of nitrogens with zero attached hydrogens (tertiary/aromatic N) is 1. The number of hydrogen-bond acceptors (Lipinski definition) is 6. The van der Waals surface area contributed by atoms with E-state index in [0.717, 1.165) is 3.39 Å². The van der Waals surface area contributed by atoms with E-state index >= 15 is 0 Å². The highest BCUT2D eigenvalue weighted by atomic mass is 79.9. The van der Waals surface area contributed by atoms with E-state index in [-0.39, 0.29) is 30.5 Å². The number of nitrogens with one attached hydrogen (secondary N) is 1. The summed E-state index contributed by atoms with van der Waals surface area (Å²) >= 11 is 6.81. The number of halogens is 2. The van der Waals surface area contributed by atoms with Crippen LogP contribution < -0.4 is 5.32 Å². The molecule has 178 valence electrons. The van der Waals surface area contributed by atoms with Crippen molar-refractivity contribution < 1.29 is 28.5 Å². The highest BCUT2D eigenvalue weighted by molar-refractivity contribution is 9.28. The van der Waals surface area contributed by atoms with Crippen molar-refractivity contribution >= 4 is 43.9 Å². The Balaban J connectivity index is 2.34. The molecule has 2 rings (SSSR count). The predicted octanol–water partition coefficient (Wildman–Crippen LogP) is 3.77. The highest BCUT2D eigenvalue weighted by Crippen LogP contribution is 2.43. The van der Waals surface area contributed by atoms with Crippen LogP contribution in [0.25, 0.3) is 0 Å². The van der Waals surface area contributed by atoms with Gasteiger partial charge in [0.1, 0.15) is 24.3 Å². The van der Waals surface area contributed by atoms with Crippen molar-refractivity contribution in [3.05, 3.63) is 9.47 Å². The van der Waals surface area contributed by atoms with Gasteiger partial charge < -0.3 is 29.2 Å². The minimum Gasteiger partial charge on any atom is -0.444 e. The molecule has 4 atom stereocenters. The fourth-order valence-electron chi connectivity index (χ4n) is 4.18. The average Bonchev–Trinajstić information content (AvgIpc) is 3.17. The van der Waals surface area contributed by atoms with Gasteiger partial charge in [0.25, 0.3) is 0 Å². The van der Waals surface area contributed by atoms with Crippen molar-refractivity contribution in [2.75, 3.05) is 27.4 Å². The number of rotatable bonds is 7. The van der Waals surface area contributed by atoms with E-state index in [1.807, 2.05) is 19.9 Å². The van der Waals surface area contributed by atoms with E-state index in [0.29, 0.717) is 13.0 Å². The van der Waals surface area contributed by atoms with Crippen molar-refractivity contribution in [2.45, 2.75) is 70.6 Å². The first-order valence-electron chi connectivity index (χ1n) is 10.4. The lowest BCUT2D eigenvalue weighted by Gasteiger charge is -2.37. The number of ether oxygens (including phenoxy) is 4. The average molecular weight is 570 g/mol. The fourth-order valence-corrected chi connectivity index (χ4v) is 4.86.